The number of methoxy groups -OCH3 is 3. The van der Waals surface area contributed by atoms with Crippen LogP contribution in [0.1, 0.15) is 151 Å². The molecule has 0 saturated carbocycles. The van der Waals surface area contributed by atoms with E-state index < -0.39 is 61.6 Å². The molecule has 7 aliphatic rings. The van der Waals surface area contributed by atoms with E-state index in [1.807, 2.05) is 31.2 Å². The number of urea groups is 5. The minimum atomic E-state index is -4.18. The van der Waals surface area contributed by atoms with Gasteiger partial charge in [-0.05, 0) is 165 Å². The summed E-state index contributed by atoms with van der Waals surface area (Å²) in [5.41, 5.74) is 10.2. The highest BCUT2D eigenvalue weighted by Gasteiger charge is 2.42. The Morgan fingerprint density at radius 1 is 0.568 bits per heavy atom. The van der Waals surface area contributed by atoms with Crippen LogP contribution in [-0.4, -0.2) is 240 Å². The van der Waals surface area contributed by atoms with Crippen molar-refractivity contribution >= 4 is 120 Å². The monoisotopic (exact) mass is 1850 g/mol. The number of nitrogens with one attached hydrogen (secondary N) is 4. The van der Waals surface area contributed by atoms with Crippen LogP contribution in [0.15, 0.2) is 140 Å². The molecule has 7 fully saturated rings. The lowest BCUT2D eigenvalue weighted by atomic mass is 10.1. The Bertz CT molecular complexity index is 5240. The highest BCUT2D eigenvalue weighted by atomic mass is 31.2. The lowest BCUT2D eigenvalue weighted by Gasteiger charge is -2.36. The summed E-state index contributed by atoms with van der Waals surface area (Å²) in [4.78, 5) is 172. The summed E-state index contributed by atoms with van der Waals surface area (Å²) < 4.78 is 57.8. The number of esters is 1. The standard InChI is InChI=1S/C21H31N2O9P.C18H26N4O2.2C14H16N2O4.C11H14N4O3.C11H13N3O3/c1-20(2,3)31-33(28,32-21(4,5)6)30-13-23-17(24)10-11-22(19(23)27)15-12-14(18(25)26)8-9-16(15)29-7;1-14-6-12-22(18(23)20-14)15-2-4-16(5-3-15)24-17-7-10-21(11-8-17)13-9-19;1-9-4-3-7-16(14(19)15-9)11-8-10(13(17)18)5-6-12(11)20-2;1-2-20-14(19)6-10-5-11(9-15-8-10)16-4-3-12(17)7-13(16)18;1-8-2-5-15(11(18)13-8)9-6-12-14(7-9)4-3-10(16)17;1-7-3-4-8(17-2)10(12-7)14-6-5-9(15)13-11(14)16/h8-9,12H,10-11,13H2,1-7H3,(H,25,26);2-5,17H,1,6-13,19H2,(H,20,23);5-6,8H,1,3-4,7H2,2H3,(H,15,19)(H,17,18);5,8-9H,2-4,6-7H2,1H3;6-7H,1-5H2,(H,13,18)(H,16,17);3-4H,5-6H2,1-2H3,(H,13,15,16). The molecule has 0 atom stereocenters. The fourth-order valence-corrected chi connectivity index (χ4v) is 15.4. The number of ketones is 1. The molecule has 0 bridgehead atoms. The van der Waals surface area contributed by atoms with Crippen LogP contribution in [0.25, 0.3) is 0 Å². The smallest absolute Gasteiger partial charge is 0.477 e. The van der Waals surface area contributed by atoms with E-state index in [4.69, 9.17) is 53.2 Å². The van der Waals surface area contributed by atoms with Crippen molar-refractivity contribution in [1.82, 2.24) is 50.8 Å². The van der Waals surface area contributed by atoms with Crippen molar-refractivity contribution in [3.63, 3.8) is 0 Å². The van der Waals surface area contributed by atoms with Crippen molar-refractivity contribution in [1.29, 1.82) is 0 Å². The van der Waals surface area contributed by atoms with Crippen LogP contribution >= 0.6 is 7.82 Å². The van der Waals surface area contributed by atoms with Crippen LogP contribution in [0, 0.1) is 6.92 Å². The number of Topliss-reactive ketones (excluding diaryl/α,β-unsaturated/α-hetero) is 1. The largest absolute Gasteiger partial charge is 0.495 e. The van der Waals surface area contributed by atoms with Gasteiger partial charge in [-0.1, -0.05) is 19.7 Å². The van der Waals surface area contributed by atoms with Gasteiger partial charge in [-0.15, -0.1) is 0 Å². The van der Waals surface area contributed by atoms with Gasteiger partial charge in [-0.2, -0.15) is 5.10 Å². The van der Waals surface area contributed by atoms with Gasteiger partial charge in [0.25, 0.3) is 0 Å². The number of amides is 13. The van der Waals surface area contributed by atoms with E-state index in [0.717, 1.165) is 73.0 Å². The number of aromatic nitrogens is 4. The Labute approximate surface area is 763 Å². The van der Waals surface area contributed by atoms with Gasteiger partial charge in [0.2, 0.25) is 17.7 Å². The number of piperidine rings is 2. The number of benzene rings is 3. The van der Waals surface area contributed by atoms with Gasteiger partial charge in [-0.3, -0.25) is 81.8 Å². The van der Waals surface area contributed by atoms with Gasteiger partial charge in [0, 0.05) is 138 Å². The zero-order valence-corrected chi connectivity index (χ0v) is 76.8. The molecular formula is C89H116N17O25P. The molecular weight excluding hydrogens is 1740 g/mol. The molecule has 7 aliphatic heterocycles. The first kappa shape index (κ1) is 104. The molecule has 42 nitrogen and oxygen atoms in total. The van der Waals surface area contributed by atoms with Gasteiger partial charge in [0.15, 0.2) is 11.6 Å². The fourth-order valence-electron chi connectivity index (χ4n) is 13.7. The first-order chi connectivity index (χ1) is 62.5. The second-order valence-electron chi connectivity index (χ2n) is 32.5. The molecule has 0 radical (unpaired) electrons. The maximum atomic E-state index is 13.3. The molecule has 3 aromatic heterocycles. The predicted octanol–water partition coefficient (Wildman–Crippen LogP) is 10.9. The highest BCUT2D eigenvalue weighted by Crippen LogP contribution is 2.55. The molecule has 13 amide bonds. The summed E-state index contributed by atoms with van der Waals surface area (Å²) in [5.74, 6) is -1.99. The number of aromatic carboxylic acids is 2. The van der Waals surface area contributed by atoms with Crippen molar-refractivity contribution in [3.8, 4) is 23.0 Å². The number of rotatable bonds is 26. The third-order valence-corrected chi connectivity index (χ3v) is 22.0. The number of imide groups is 2. The number of pyridine rings is 2. The fraction of sp³-hybridized carbons (Fsp3) is 0.438. The number of aliphatic carboxylic acids is 1. The summed E-state index contributed by atoms with van der Waals surface area (Å²) in [5, 5.41) is 41.3. The average Bonchev–Trinajstić information content (AvgIpc) is 1.31. The number of nitrogens with zero attached hydrogens (tertiary/aromatic N) is 12. The number of nitrogens with two attached hydrogens (primary N) is 1. The summed E-state index contributed by atoms with van der Waals surface area (Å²) in [6, 6.07) is 19.6. The SMILES string of the molecule is C=C1CCCN(c2cc(C(=O)O)ccc2OC)C(=O)N1.C=C1CCN(c2ccc(OC3CCN(CCN)CC3)cc2)C(=O)N1.C=C1CCN(c2cnn(CCC(=O)O)c2)C(=O)N1.CCOC(=O)Cc1cncc(N2CCC(=O)CC2=O)c1.COc1ccc(C(=O)O)cc1N1CCC(=O)N(COP(=O)(OC(C)(C)C)OC(C)(C)C)C1=O.COc1ccc(C)nc1N1CCC(=O)NC1=O. The molecule has 6 aromatic rings. The topological polar surface area (TPSA) is 517 Å². The first-order valence-corrected chi connectivity index (χ1v) is 43.8. The van der Waals surface area contributed by atoms with E-state index in [-0.39, 0.29) is 116 Å². The Balaban J connectivity index is 0.000000198. The minimum absolute atomic E-state index is 0.00222. The summed E-state index contributed by atoms with van der Waals surface area (Å²) in [6.07, 6.45) is 12.2. The van der Waals surface area contributed by atoms with Crippen LogP contribution in [0.5, 0.6) is 23.0 Å². The van der Waals surface area contributed by atoms with Gasteiger partial charge >= 0.3 is 61.9 Å². The van der Waals surface area contributed by atoms with Crippen molar-refractivity contribution in [3.05, 3.63) is 163 Å². The summed E-state index contributed by atoms with van der Waals surface area (Å²) in [7, 11) is 0.198. The summed E-state index contributed by atoms with van der Waals surface area (Å²) in [6.45, 7) is 30.9. The van der Waals surface area contributed by atoms with Crippen LogP contribution < -0.4 is 75.3 Å². The quantitative estimate of drug-likeness (QED) is 0.0142. The maximum absolute atomic E-state index is 13.3. The highest BCUT2D eigenvalue weighted by molar-refractivity contribution is 7.48. The maximum Gasteiger partial charge on any atom is 0.477 e. The van der Waals surface area contributed by atoms with Gasteiger partial charge in [0.1, 0.15) is 35.9 Å². The van der Waals surface area contributed by atoms with Gasteiger partial charge in [-0.25, -0.2) is 48.0 Å². The summed E-state index contributed by atoms with van der Waals surface area (Å²) >= 11 is 0. The number of phosphoric acid groups is 1. The molecule has 0 spiro atoms. The van der Waals surface area contributed by atoms with E-state index in [9.17, 15) is 72.0 Å². The number of allylic oxidation sites excluding steroid dienone is 1. The van der Waals surface area contributed by atoms with Crippen LogP contribution in [0.4, 0.5) is 58.2 Å². The van der Waals surface area contributed by atoms with Crippen LogP contribution in [0.2, 0.25) is 0 Å². The normalized spacial score (nSPS) is 16.4. The number of likely N-dealkylation sites (tertiary alicyclic amines) is 1. The number of carbonyl (C=O) groups is 13. The molecule has 0 unspecified atom stereocenters. The number of ether oxygens (including phenoxy) is 5. The van der Waals surface area contributed by atoms with E-state index in [1.165, 1.54) is 75.9 Å². The number of carboxylic acids is 3. The van der Waals surface area contributed by atoms with Crippen molar-refractivity contribution in [2.45, 2.75) is 156 Å². The van der Waals surface area contributed by atoms with E-state index in [0.29, 0.717) is 116 Å². The first-order valence-electron chi connectivity index (χ1n) is 42.4. The van der Waals surface area contributed by atoms with Crippen LogP contribution in [-0.2, 0) is 64.6 Å². The number of aryl methyl sites for hydroxylation is 2. The lowest BCUT2D eigenvalue weighted by molar-refractivity contribution is -0.142. The molecule has 7 saturated heterocycles. The Morgan fingerprint density at radius 2 is 1.11 bits per heavy atom. The van der Waals surface area contributed by atoms with Crippen LogP contribution in [0.3, 0.4) is 0 Å². The number of hydrogen-bond donors (Lipinski definition) is 8. The second kappa shape index (κ2) is 48.3. The van der Waals surface area contributed by atoms with E-state index >= 15 is 0 Å². The molecule has 10 heterocycles. The van der Waals surface area contributed by atoms with E-state index in [2.05, 4.69) is 61.0 Å². The van der Waals surface area contributed by atoms with Gasteiger partial charge in [0.05, 0.1) is 111 Å². The minimum Gasteiger partial charge on any atom is -0.495 e. The van der Waals surface area contributed by atoms with Crippen molar-refractivity contribution in [2.75, 3.05) is 130 Å². The third kappa shape index (κ3) is 31.3. The molecule has 43 heteroatoms. The Kier molecular flexibility index (Phi) is 37.9. The molecule has 13 rings (SSSR count). The zero-order chi connectivity index (χ0) is 96.9. The molecule has 9 N–H and O–H groups in total. The number of hydrogen-bond acceptors (Lipinski definition) is 27. The van der Waals surface area contributed by atoms with E-state index in [1.54, 1.807) is 107 Å². The molecule has 712 valence electrons. The zero-order valence-electron chi connectivity index (χ0n) is 75.9. The number of anilines is 6. The number of carbonyl (C=O) groups excluding carboxylic acids is 10. The third-order valence-electron chi connectivity index (χ3n) is 20.0. The average molecular weight is 1850 g/mol. The molecule has 0 aliphatic carbocycles. The molecule has 132 heavy (non-hydrogen) atoms. The Morgan fingerprint density at radius 3 is 1.64 bits per heavy atom. The predicted molar refractivity (Wildman–Crippen MR) is 485 cm³/mol. The van der Waals surface area contributed by atoms with Gasteiger partial charge < -0.3 is 70.5 Å². The Hall–Kier alpha value is -13.7. The second-order valence-corrected chi connectivity index (χ2v) is 34.0. The lowest BCUT2D eigenvalue weighted by Crippen LogP contribution is -2.53. The number of phosphoric ester groups is 1. The van der Waals surface area contributed by atoms with Crippen molar-refractivity contribution < 1.29 is 119 Å². The number of carboxylic acid groups (broad SMARTS) is 3. The van der Waals surface area contributed by atoms with Crippen molar-refractivity contribution in [2.24, 2.45) is 5.73 Å². The molecule has 3 aromatic carbocycles.